The maximum atomic E-state index is 7.57. The first-order valence-corrected chi connectivity index (χ1v) is 1.02. The summed E-state index contributed by atoms with van der Waals surface area (Å²) in [5.41, 5.74) is 0. The first kappa shape index (κ1) is 35.5. The predicted octanol–water partition coefficient (Wildman–Crippen LogP) is -8.99. The van der Waals surface area contributed by atoms with Crippen molar-refractivity contribution in [3.63, 3.8) is 0 Å². The summed E-state index contributed by atoms with van der Waals surface area (Å²) in [6.45, 7) is 1.93. The fraction of sp³-hybridized carbons (Fsp3) is 1.00. The Morgan fingerprint density at radius 2 is 1.14 bits per heavy atom. The summed E-state index contributed by atoms with van der Waals surface area (Å²) in [5, 5.41) is 7.57. The number of hydrogen-bond acceptors (Lipinski definition) is 1. The fourth-order valence-electron chi connectivity index (χ4n) is 0. The molecular weight excluding hydrogens is 328 g/mol. The van der Waals surface area contributed by atoms with E-state index < -0.39 is 0 Å². The van der Waals surface area contributed by atoms with Gasteiger partial charge in [-0.2, -0.15) is 0 Å². The molecule has 0 aliphatic heterocycles. The van der Waals surface area contributed by atoms with E-state index in [0.717, 1.165) is 0 Å². The number of halogens is 3. The van der Waals surface area contributed by atoms with Crippen molar-refractivity contribution in [3.8, 4) is 0 Å². The smallest absolute Gasteiger partial charge is 1.00 e. The Hall–Kier alpha value is 2.11. The van der Waals surface area contributed by atoms with E-state index in [2.05, 4.69) is 0 Å². The molecular formula is C2H6Br3OTi. The third-order valence-corrected chi connectivity index (χ3v) is 0. The largest absolute Gasteiger partial charge is 3.00 e. The Kier molecular flexibility index (Phi) is 214. The summed E-state index contributed by atoms with van der Waals surface area (Å²) >= 11 is 0. The van der Waals surface area contributed by atoms with Crippen LogP contribution in [-0.4, -0.2) is 11.7 Å². The summed E-state index contributed by atoms with van der Waals surface area (Å²) in [6.07, 6.45) is 0. The van der Waals surface area contributed by atoms with Crippen molar-refractivity contribution in [2.45, 2.75) is 6.92 Å². The standard InChI is InChI=1S/C2H6O.3BrH.Ti/c1-2-3;;;;/h3H,2H2,1H3;3*1H;/q;;;;+3/p-3. The van der Waals surface area contributed by atoms with Crippen LogP contribution in [0.3, 0.4) is 0 Å². The van der Waals surface area contributed by atoms with Gasteiger partial charge in [0.2, 0.25) is 0 Å². The van der Waals surface area contributed by atoms with E-state index in [1.165, 1.54) is 0 Å². The van der Waals surface area contributed by atoms with Gasteiger partial charge in [0, 0.05) is 6.61 Å². The summed E-state index contributed by atoms with van der Waals surface area (Å²) in [5.74, 6) is 0. The first-order chi connectivity index (χ1) is 1.41. The number of rotatable bonds is 0. The summed E-state index contributed by atoms with van der Waals surface area (Å²) in [6, 6.07) is 0. The normalized spacial score (nSPS) is 2.57. The van der Waals surface area contributed by atoms with Crippen LogP contribution in [0, 0.1) is 0 Å². The molecule has 0 unspecified atom stereocenters. The minimum absolute atomic E-state index is 0. The van der Waals surface area contributed by atoms with Crippen LogP contribution >= 0.6 is 0 Å². The molecule has 0 heterocycles. The topological polar surface area (TPSA) is 20.2 Å². The molecule has 0 rings (SSSR count). The Bertz CT molecular complexity index is 12.9. The van der Waals surface area contributed by atoms with E-state index in [4.69, 9.17) is 5.11 Å². The van der Waals surface area contributed by atoms with Gasteiger partial charge in [-0.05, 0) is 6.92 Å². The van der Waals surface area contributed by atoms with Gasteiger partial charge in [-0.1, -0.05) is 0 Å². The molecule has 0 spiro atoms. The molecule has 0 aliphatic rings. The second-order valence-corrected chi connectivity index (χ2v) is 0.316. The molecule has 0 saturated carbocycles. The number of aliphatic hydroxyl groups is 1. The molecule has 0 aromatic rings. The van der Waals surface area contributed by atoms with Crippen LogP contribution in [0.2, 0.25) is 0 Å². The van der Waals surface area contributed by atoms with Gasteiger partial charge in [-0.15, -0.1) is 0 Å². The second kappa shape index (κ2) is 42.3. The second-order valence-electron chi connectivity index (χ2n) is 0.316. The molecule has 0 aliphatic carbocycles. The van der Waals surface area contributed by atoms with E-state index in [-0.39, 0.29) is 79.3 Å². The van der Waals surface area contributed by atoms with Crippen LogP contribution in [0.25, 0.3) is 0 Å². The molecule has 0 saturated heterocycles. The van der Waals surface area contributed by atoms with E-state index in [1.54, 1.807) is 6.92 Å². The fourth-order valence-corrected chi connectivity index (χ4v) is 0. The van der Waals surface area contributed by atoms with Gasteiger partial charge in [-0.25, -0.2) is 0 Å². The molecule has 0 fully saturated rings. The van der Waals surface area contributed by atoms with Crippen LogP contribution in [0.4, 0.5) is 0 Å². The van der Waals surface area contributed by atoms with Gasteiger partial charge in [0.25, 0.3) is 0 Å². The molecule has 45 valence electrons. The summed E-state index contributed by atoms with van der Waals surface area (Å²) in [7, 11) is 0. The monoisotopic (exact) mass is 331 g/mol. The van der Waals surface area contributed by atoms with Gasteiger partial charge in [0.1, 0.15) is 0 Å². The zero-order valence-electron chi connectivity index (χ0n) is 3.79. The van der Waals surface area contributed by atoms with E-state index in [1.807, 2.05) is 0 Å². The van der Waals surface area contributed by atoms with Crippen molar-refractivity contribution in [2.75, 3.05) is 6.61 Å². The van der Waals surface area contributed by atoms with Crippen molar-refractivity contribution in [2.24, 2.45) is 0 Å². The first-order valence-electron chi connectivity index (χ1n) is 1.02. The van der Waals surface area contributed by atoms with Gasteiger partial charge in [0.15, 0.2) is 0 Å². The minimum Gasteiger partial charge on any atom is -1.00 e. The quantitative estimate of drug-likeness (QED) is 0.437. The minimum atomic E-state index is 0. The molecule has 0 amide bonds. The molecule has 1 nitrogen and oxygen atoms in total. The van der Waals surface area contributed by atoms with Gasteiger partial charge in [-0.3, -0.25) is 0 Å². The zero-order chi connectivity index (χ0) is 2.71. The van der Waals surface area contributed by atoms with Crippen molar-refractivity contribution in [1.82, 2.24) is 0 Å². The SMILES string of the molecule is CCO.[Br-].[Br-].[Br-].[Ti+3]. The molecule has 1 N–H and O–H groups in total. The van der Waals surface area contributed by atoms with Crippen LogP contribution in [0.15, 0.2) is 0 Å². The molecule has 1 radical (unpaired) electrons. The van der Waals surface area contributed by atoms with Crippen LogP contribution in [0.1, 0.15) is 6.92 Å². The van der Waals surface area contributed by atoms with Crippen LogP contribution < -0.4 is 50.9 Å². The average molecular weight is 334 g/mol. The number of aliphatic hydroxyl groups excluding tert-OH is 1. The van der Waals surface area contributed by atoms with Crippen molar-refractivity contribution < 1.29 is 77.8 Å². The van der Waals surface area contributed by atoms with Crippen molar-refractivity contribution in [3.05, 3.63) is 0 Å². The van der Waals surface area contributed by atoms with Gasteiger partial charge in [0.05, 0.1) is 0 Å². The summed E-state index contributed by atoms with van der Waals surface area (Å²) < 4.78 is 0. The molecule has 7 heavy (non-hydrogen) atoms. The molecule has 0 atom stereocenters. The average Bonchev–Trinajstić information content (AvgIpc) is 0.918. The Balaban J connectivity index is -0.00000000333. The molecule has 0 aromatic heterocycles. The Morgan fingerprint density at radius 3 is 1.14 bits per heavy atom. The van der Waals surface area contributed by atoms with E-state index in [0.29, 0.717) is 0 Å². The predicted molar refractivity (Wildman–Crippen MR) is 12.8 cm³/mol. The molecule has 5 heteroatoms. The maximum absolute atomic E-state index is 7.57. The molecule has 0 aromatic carbocycles. The summed E-state index contributed by atoms with van der Waals surface area (Å²) in [4.78, 5) is 0. The number of hydrogen-bond donors (Lipinski definition) is 1. The molecule has 0 bridgehead atoms. The maximum Gasteiger partial charge on any atom is 3.00 e. The van der Waals surface area contributed by atoms with Crippen molar-refractivity contribution >= 4 is 0 Å². The van der Waals surface area contributed by atoms with E-state index in [9.17, 15) is 0 Å². The van der Waals surface area contributed by atoms with Gasteiger partial charge >= 0.3 is 21.7 Å². The zero-order valence-corrected chi connectivity index (χ0v) is 10.1. The van der Waals surface area contributed by atoms with E-state index >= 15 is 0 Å². The Morgan fingerprint density at radius 1 is 1.14 bits per heavy atom. The van der Waals surface area contributed by atoms with Crippen LogP contribution in [0.5, 0.6) is 0 Å². The third-order valence-electron chi connectivity index (χ3n) is 0. The Labute approximate surface area is 90.4 Å². The van der Waals surface area contributed by atoms with Gasteiger partial charge < -0.3 is 56.1 Å². The third kappa shape index (κ3) is 67.9. The van der Waals surface area contributed by atoms with Crippen molar-refractivity contribution in [1.29, 1.82) is 0 Å². The van der Waals surface area contributed by atoms with Crippen LogP contribution in [-0.2, 0) is 21.7 Å².